The molecule has 14 heavy (non-hydrogen) atoms. The van der Waals surface area contributed by atoms with Crippen LogP contribution < -0.4 is 0 Å². The second-order valence-electron chi connectivity index (χ2n) is 3.37. The van der Waals surface area contributed by atoms with Gasteiger partial charge in [-0.05, 0) is 18.2 Å². The summed E-state index contributed by atoms with van der Waals surface area (Å²) in [6, 6.07) is 8.03. The highest BCUT2D eigenvalue weighted by Crippen LogP contribution is 2.39. The van der Waals surface area contributed by atoms with E-state index in [2.05, 4.69) is 4.99 Å². The van der Waals surface area contributed by atoms with E-state index in [9.17, 15) is 0 Å². The Labute approximate surface area is 82.2 Å². The predicted octanol–water partition coefficient (Wildman–Crippen LogP) is 2.70. The topological polar surface area (TPSA) is 21.6 Å². The first-order chi connectivity index (χ1) is 6.91. The third-order valence-electron chi connectivity index (χ3n) is 2.52. The highest BCUT2D eigenvalue weighted by molar-refractivity contribution is 5.86. The van der Waals surface area contributed by atoms with Crippen LogP contribution in [0.3, 0.4) is 0 Å². The third-order valence-corrected chi connectivity index (χ3v) is 2.52. The zero-order valence-corrected chi connectivity index (χ0v) is 7.55. The molecule has 1 spiro atoms. The molecule has 1 aromatic carbocycles. The van der Waals surface area contributed by atoms with E-state index in [4.69, 9.17) is 4.74 Å². The Morgan fingerprint density at radius 3 is 2.93 bits per heavy atom. The second kappa shape index (κ2) is 2.58. The first-order valence-corrected chi connectivity index (χ1v) is 4.58. The molecule has 0 amide bonds. The third kappa shape index (κ3) is 0.880. The molecule has 2 nitrogen and oxygen atoms in total. The van der Waals surface area contributed by atoms with Gasteiger partial charge in [-0.2, -0.15) is 0 Å². The summed E-state index contributed by atoms with van der Waals surface area (Å²) in [4.78, 5) is 4.34. The summed E-state index contributed by atoms with van der Waals surface area (Å²) >= 11 is 0. The Hall–Kier alpha value is -1.83. The molecule has 3 rings (SSSR count). The van der Waals surface area contributed by atoms with Gasteiger partial charge >= 0.3 is 0 Å². The van der Waals surface area contributed by atoms with Crippen LogP contribution in [0.5, 0.6) is 0 Å². The van der Waals surface area contributed by atoms with E-state index < -0.39 is 5.60 Å². The number of allylic oxidation sites excluding steroid dienone is 2. The van der Waals surface area contributed by atoms with Crippen molar-refractivity contribution in [3.05, 3.63) is 54.3 Å². The van der Waals surface area contributed by atoms with Crippen LogP contribution >= 0.6 is 0 Å². The van der Waals surface area contributed by atoms with Crippen LogP contribution in [0.1, 0.15) is 5.56 Å². The molecular formula is C12H9NO. The largest absolute Gasteiger partial charge is 0.480 e. The second-order valence-corrected chi connectivity index (χ2v) is 3.37. The van der Waals surface area contributed by atoms with E-state index in [1.54, 1.807) is 6.26 Å². The zero-order chi connectivity index (χ0) is 9.43. The average molecular weight is 183 g/mol. The molecular weight excluding hydrogens is 174 g/mol. The van der Waals surface area contributed by atoms with Crippen molar-refractivity contribution in [1.29, 1.82) is 0 Å². The first kappa shape index (κ1) is 7.56. The van der Waals surface area contributed by atoms with Crippen molar-refractivity contribution in [3.63, 3.8) is 0 Å². The number of nitrogens with zero attached hydrogens (tertiary/aromatic N) is 1. The minimum Gasteiger partial charge on any atom is -0.480 e. The molecule has 2 heterocycles. The SMILES string of the molecule is C1=COC2(C=C1)C=Nc1ccccc12. The summed E-state index contributed by atoms with van der Waals surface area (Å²) in [6.07, 6.45) is 9.42. The molecule has 0 saturated heterocycles. The Balaban J connectivity index is 2.18. The fraction of sp³-hybridized carbons (Fsp3) is 0.0833. The van der Waals surface area contributed by atoms with Gasteiger partial charge in [-0.1, -0.05) is 24.3 Å². The van der Waals surface area contributed by atoms with E-state index in [0.717, 1.165) is 11.3 Å². The van der Waals surface area contributed by atoms with Gasteiger partial charge in [0.1, 0.15) is 0 Å². The molecule has 0 aliphatic carbocycles. The Kier molecular flexibility index (Phi) is 1.39. The van der Waals surface area contributed by atoms with Gasteiger partial charge < -0.3 is 4.74 Å². The zero-order valence-electron chi connectivity index (χ0n) is 7.55. The van der Waals surface area contributed by atoms with Gasteiger partial charge in [-0.15, -0.1) is 0 Å². The number of hydrogen-bond donors (Lipinski definition) is 0. The molecule has 0 radical (unpaired) electrons. The number of para-hydroxylation sites is 1. The van der Waals surface area contributed by atoms with E-state index in [1.807, 2.05) is 48.7 Å². The molecule has 1 unspecified atom stereocenters. The van der Waals surface area contributed by atoms with E-state index in [1.165, 1.54) is 0 Å². The lowest BCUT2D eigenvalue weighted by Gasteiger charge is -2.25. The van der Waals surface area contributed by atoms with Crippen LogP contribution in [0.25, 0.3) is 0 Å². The molecule has 1 atom stereocenters. The number of ether oxygens (including phenoxy) is 1. The molecule has 1 aromatic rings. The van der Waals surface area contributed by atoms with Crippen LogP contribution in [0.15, 0.2) is 53.7 Å². The summed E-state index contributed by atoms with van der Waals surface area (Å²) in [5.74, 6) is 0. The van der Waals surface area contributed by atoms with Crippen LogP contribution in [-0.4, -0.2) is 6.21 Å². The smallest absolute Gasteiger partial charge is 0.189 e. The summed E-state index contributed by atoms with van der Waals surface area (Å²) in [6.45, 7) is 0. The predicted molar refractivity (Wildman–Crippen MR) is 55.6 cm³/mol. The van der Waals surface area contributed by atoms with E-state index >= 15 is 0 Å². The molecule has 0 N–H and O–H groups in total. The highest BCUT2D eigenvalue weighted by Gasteiger charge is 2.35. The number of hydrogen-bond acceptors (Lipinski definition) is 2. The van der Waals surface area contributed by atoms with Gasteiger partial charge in [0, 0.05) is 5.56 Å². The van der Waals surface area contributed by atoms with Crippen molar-refractivity contribution < 1.29 is 4.74 Å². The molecule has 0 saturated carbocycles. The highest BCUT2D eigenvalue weighted by atomic mass is 16.5. The normalized spacial score (nSPS) is 26.6. The first-order valence-electron chi connectivity index (χ1n) is 4.58. The van der Waals surface area contributed by atoms with Gasteiger partial charge in [-0.25, -0.2) is 0 Å². The van der Waals surface area contributed by atoms with Crippen molar-refractivity contribution in [3.8, 4) is 0 Å². The Morgan fingerprint density at radius 2 is 2.07 bits per heavy atom. The monoisotopic (exact) mass is 183 g/mol. The molecule has 2 aliphatic heterocycles. The van der Waals surface area contributed by atoms with Crippen molar-refractivity contribution in [2.75, 3.05) is 0 Å². The number of aliphatic imine (C=N–C) groups is 1. The molecule has 0 aromatic heterocycles. The Bertz CT molecular complexity index is 459. The molecule has 2 heteroatoms. The minimum atomic E-state index is -0.453. The van der Waals surface area contributed by atoms with E-state index in [-0.39, 0.29) is 0 Å². The summed E-state index contributed by atoms with van der Waals surface area (Å²) in [5.41, 5.74) is 1.65. The average Bonchev–Trinajstić information content (AvgIpc) is 2.60. The fourth-order valence-electron chi connectivity index (χ4n) is 1.81. The number of benzene rings is 1. The molecule has 0 fully saturated rings. The van der Waals surface area contributed by atoms with E-state index in [0.29, 0.717) is 0 Å². The summed E-state index contributed by atoms with van der Waals surface area (Å²) in [5, 5.41) is 0. The van der Waals surface area contributed by atoms with Gasteiger partial charge in [-0.3, -0.25) is 4.99 Å². The molecule has 0 bridgehead atoms. The maximum absolute atomic E-state index is 5.64. The fourth-order valence-corrected chi connectivity index (χ4v) is 1.81. The van der Waals surface area contributed by atoms with Crippen LogP contribution in [0.2, 0.25) is 0 Å². The Morgan fingerprint density at radius 1 is 1.14 bits per heavy atom. The van der Waals surface area contributed by atoms with Crippen LogP contribution in [0, 0.1) is 0 Å². The van der Waals surface area contributed by atoms with Crippen LogP contribution in [0.4, 0.5) is 5.69 Å². The van der Waals surface area contributed by atoms with Crippen molar-refractivity contribution in [2.45, 2.75) is 5.60 Å². The van der Waals surface area contributed by atoms with Gasteiger partial charge in [0.2, 0.25) is 0 Å². The summed E-state index contributed by atoms with van der Waals surface area (Å²) < 4.78 is 5.64. The van der Waals surface area contributed by atoms with Crippen molar-refractivity contribution in [1.82, 2.24) is 0 Å². The number of rotatable bonds is 0. The lowest BCUT2D eigenvalue weighted by Crippen LogP contribution is -2.25. The van der Waals surface area contributed by atoms with Gasteiger partial charge in [0.25, 0.3) is 0 Å². The maximum atomic E-state index is 5.64. The minimum absolute atomic E-state index is 0.453. The lowest BCUT2D eigenvalue weighted by atomic mass is 9.94. The quantitative estimate of drug-likeness (QED) is 0.606. The standard InChI is InChI=1S/C12H9NO/c1-2-6-11-10(5-1)12(9-13-11)7-3-4-8-14-12/h1-9H. The maximum Gasteiger partial charge on any atom is 0.189 e. The summed E-state index contributed by atoms with van der Waals surface area (Å²) in [7, 11) is 0. The van der Waals surface area contributed by atoms with Crippen molar-refractivity contribution in [2.24, 2.45) is 4.99 Å². The van der Waals surface area contributed by atoms with Gasteiger partial charge in [0.05, 0.1) is 18.2 Å². The molecule has 2 aliphatic rings. The molecule has 68 valence electrons. The van der Waals surface area contributed by atoms with Gasteiger partial charge in [0.15, 0.2) is 5.60 Å². The lowest BCUT2D eigenvalue weighted by molar-refractivity contribution is 0.137. The number of fused-ring (bicyclic) bond motifs is 2. The van der Waals surface area contributed by atoms with Crippen LogP contribution in [-0.2, 0) is 10.3 Å². The van der Waals surface area contributed by atoms with Crippen molar-refractivity contribution >= 4 is 11.9 Å².